The van der Waals surface area contributed by atoms with Crippen molar-refractivity contribution in [3.8, 4) is 0 Å². The van der Waals surface area contributed by atoms with E-state index in [4.69, 9.17) is 0 Å². The molecule has 0 amide bonds. The fraction of sp³-hybridized carbons (Fsp3) is 0.583. The number of likely N-dealkylation sites (tertiary alicyclic amines) is 1. The summed E-state index contributed by atoms with van der Waals surface area (Å²) in [5.41, 5.74) is 0.105. The van der Waals surface area contributed by atoms with E-state index in [1.165, 1.54) is 25.4 Å². The van der Waals surface area contributed by atoms with Gasteiger partial charge in [0.05, 0.1) is 7.11 Å². The highest BCUT2D eigenvalue weighted by Gasteiger charge is 2.25. The summed E-state index contributed by atoms with van der Waals surface area (Å²) in [7, 11) is 3.34. The zero-order chi connectivity index (χ0) is 14.0. The van der Waals surface area contributed by atoms with Crippen molar-refractivity contribution in [1.82, 2.24) is 9.88 Å². The lowest BCUT2D eigenvalue weighted by Gasteiger charge is -2.11. The van der Waals surface area contributed by atoms with Gasteiger partial charge in [-0.05, 0) is 20.0 Å². The van der Waals surface area contributed by atoms with Crippen LogP contribution in [0.2, 0.25) is 0 Å². The Morgan fingerprint density at radius 1 is 1.53 bits per heavy atom. The second-order valence-corrected chi connectivity index (χ2v) is 5.64. The molecule has 0 aliphatic carbocycles. The Kier molecular flexibility index (Phi) is 4.16. The van der Waals surface area contributed by atoms with Gasteiger partial charge < -0.3 is 15.0 Å². The number of anilines is 1. The number of thiazole rings is 1. The molecule has 1 atom stereocenters. The van der Waals surface area contributed by atoms with E-state index >= 15 is 0 Å². The maximum absolute atomic E-state index is 11.6. The Morgan fingerprint density at radius 3 is 2.79 bits per heavy atom. The van der Waals surface area contributed by atoms with E-state index in [2.05, 4.69) is 27.0 Å². The van der Waals surface area contributed by atoms with Gasteiger partial charge in [0.2, 0.25) is 0 Å². The zero-order valence-electron chi connectivity index (χ0n) is 11.2. The number of hydrogen-bond acceptors (Lipinski definition) is 7. The Bertz CT molecular complexity index is 500. The van der Waals surface area contributed by atoms with Gasteiger partial charge in [0.1, 0.15) is 4.88 Å². The van der Waals surface area contributed by atoms with Gasteiger partial charge in [0.25, 0.3) is 0 Å². The molecule has 1 aliphatic rings. The standard InChI is InChI=1S/C12H17N3O3S/c1-7(16)10-9(11(17)18-3)14-12(19-10)13-8-4-5-15(2)6-8/h8H,4-6H2,1-3H3,(H,13,14). The molecule has 1 N–H and O–H groups in total. The number of ketones is 1. The van der Waals surface area contributed by atoms with Gasteiger partial charge in [-0.15, -0.1) is 0 Å². The van der Waals surface area contributed by atoms with Crippen molar-refractivity contribution in [1.29, 1.82) is 0 Å². The van der Waals surface area contributed by atoms with Crippen LogP contribution in [-0.4, -0.2) is 54.9 Å². The predicted octanol–water partition coefficient (Wildman–Crippen LogP) is 1.25. The third-order valence-electron chi connectivity index (χ3n) is 3.04. The van der Waals surface area contributed by atoms with E-state index in [0.717, 1.165) is 19.5 Å². The third-order valence-corrected chi connectivity index (χ3v) is 4.13. The average Bonchev–Trinajstić information content (AvgIpc) is 2.95. The van der Waals surface area contributed by atoms with Crippen LogP contribution in [0.25, 0.3) is 0 Å². The number of rotatable bonds is 4. The summed E-state index contributed by atoms with van der Waals surface area (Å²) < 4.78 is 4.64. The molecule has 19 heavy (non-hydrogen) atoms. The van der Waals surface area contributed by atoms with Crippen LogP contribution in [0, 0.1) is 0 Å². The van der Waals surface area contributed by atoms with Crippen molar-refractivity contribution < 1.29 is 14.3 Å². The highest BCUT2D eigenvalue weighted by Crippen LogP contribution is 2.26. The van der Waals surface area contributed by atoms with Gasteiger partial charge in [-0.3, -0.25) is 4.79 Å². The summed E-state index contributed by atoms with van der Waals surface area (Å²) in [5.74, 6) is -0.743. The summed E-state index contributed by atoms with van der Waals surface area (Å²) in [6, 6.07) is 0.307. The quantitative estimate of drug-likeness (QED) is 0.662. The number of methoxy groups -OCH3 is 1. The number of nitrogens with one attached hydrogen (secondary N) is 1. The van der Waals surface area contributed by atoms with Crippen molar-refractivity contribution in [2.75, 3.05) is 32.6 Å². The van der Waals surface area contributed by atoms with Crippen LogP contribution in [0.4, 0.5) is 5.13 Å². The molecule has 104 valence electrons. The highest BCUT2D eigenvalue weighted by atomic mass is 32.1. The minimum atomic E-state index is -0.571. The van der Waals surface area contributed by atoms with Gasteiger partial charge in [-0.1, -0.05) is 11.3 Å². The molecule has 0 radical (unpaired) electrons. The fourth-order valence-electron chi connectivity index (χ4n) is 2.08. The number of hydrogen-bond donors (Lipinski definition) is 1. The molecule has 6 nitrogen and oxygen atoms in total. The molecule has 2 heterocycles. The average molecular weight is 283 g/mol. The molecule has 1 aliphatic heterocycles. The van der Waals surface area contributed by atoms with Crippen molar-refractivity contribution in [2.24, 2.45) is 0 Å². The number of ether oxygens (including phenoxy) is 1. The number of carbonyl (C=O) groups is 2. The summed E-state index contributed by atoms with van der Waals surface area (Å²) in [4.78, 5) is 29.8. The zero-order valence-corrected chi connectivity index (χ0v) is 12.0. The summed E-state index contributed by atoms with van der Waals surface area (Å²) in [6.45, 7) is 3.39. The van der Waals surface area contributed by atoms with Crippen molar-refractivity contribution in [2.45, 2.75) is 19.4 Å². The second kappa shape index (κ2) is 5.66. The van der Waals surface area contributed by atoms with Crippen LogP contribution in [0.5, 0.6) is 0 Å². The first-order chi connectivity index (χ1) is 9.01. The number of esters is 1. The largest absolute Gasteiger partial charge is 0.464 e. The molecule has 1 saturated heterocycles. The first kappa shape index (κ1) is 14.0. The van der Waals surface area contributed by atoms with Crippen molar-refractivity contribution in [3.05, 3.63) is 10.6 Å². The first-order valence-corrected chi connectivity index (χ1v) is 6.88. The van der Waals surface area contributed by atoms with Gasteiger partial charge in [-0.25, -0.2) is 9.78 Å². The van der Waals surface area contributed by atoms with Crippen LogP contribution in [0.15, 0.2) is 0 Å². The van der Waals surface area contributed by atoms with Crippen LogP contribution < -0.4 is 5.32 Å². The first-order valence-electron chi connectivity index (χ1n) is 6.06. The predicted molar refractivity (Wildman–Crippen MR) is 73.0 cm³/mol. The highest BCUT2D eigenvalue weighted by molar-refractivity contribution is 7.17. The maximum Gasteiger partial charge on any atom is 0.358 e. The van der Waals surface area contributed by atoms with E-state index in [0.29, 0.717) is 16.1 Å². The summed E-state index contributed by atoms with van der Waals surface area (Å²) in [5, 5.41) is 3.87. The molecule has 1 aromatic heterocycles. The Hall–Kier alpha value is -1.47. The van der Waals surface area contributed by atoms with E-state index in [1.807, 2.05) is 0 Å². The van der Waals surface area contributed by atoms with Crippen LogP contribution in [0.1, 0.15) is 33.5 Å². The fourth-order valence-corrected chi connectivity index (χ4v) is 3.01. The van der Waals surface area contributed by atoms with Gasteiger partial charge in [0.15, 0.2) is 16.6 Å². The minimum absolute atomic E-state index is 0.105. The van der Waals surface area contributed by atoms with Crippen LogP contribution in [0.3, 0.4) is 0 Å². The van der Waals surface area contributed by atoms with Crippen LogP contribution in [-0.2, 0) is 4.74 Å². The molecule has 7 heteroatoms. The van der Waals surface area contributed by atoms with Crippen molar-refractivity contribution >= 4 is 28.2 Å². The monoisotopic (exact) mass is 283 g/mol. The second-order valence-electron chi connectivity index (χ2n) is 4.64. The van der Waals surface area contributed by atoms with E-state index in [-0.39, 0.29) is 11.5 Å². The van der Waals surface area contributed by atoms with Gasteiger partial charge >= 0.3 is 5.97 Å². The normalized spacial score (nSPS) is 19.4. The lowest BCUT2D eigenvalue weighted by atomic mass is 10.3. The van der Waals surface area contributed by atoms with E-state index in [1.54, 1.807) is 0 Å². The number of likely N-dealkylation sites (N-methyl/N-ethyl adjacent to an activating group) is 1. The lowest BCUT2D eigenvalue weighted by Crippen LogP contribution is -2.23. The third kappa shape index (κ3) is 3.10. The number of aromatic nitrogens is 1. The number of Topliss-reactive ketones (excluding diaryl/α,β-unsaturated/α-hetero) is 1. The molecule has 1 aromatic rings. The molecular formula is C12H17N3O3S. The Balaban J connectivity index is 2.18. The number of carbonyl (C=O) groups excluding carboxylic acids is 2. The van der Waals surface area contributed by atoms with E-state index < -0.39 is 5.97 Å². The maximum atomic E-state index is 11.6. The Morgan fingerprint density at radius 2 is 2.26 bits per heavy atom. The lowest BCUT2D eigenvalue weighted by molar-refractivity contribution is 0.0591. The molecule has 0 spiro atoms. The van der Waals surface area contributed by atoms with Gasteiger partial charge in [0, 0.05) is 19.5 Å². The molecule has 1 unspecified atom stereocenters. The topological polar surface area (TPSA) is 71.5 Å². The molecular weight excluding hydrogens is 266 g/mol. The van der Waals surface area contributed by atoms with Crippen LogP contribution >= 0.6 is 11.3 Å². The SMILES string of the molecule is COC(=O)c1nc(NC2CCN(C)C2)sc1C(C)=O. The molecule has 0 aromatic carbocycles. The summed E-state index contributed by atoms with van der Waals surface area (Å²) in [6.07, 6.45) is 1.03. The van der Waals surface area contributed by atoms with Crippen molar-refractivity contribution in [3.63, 3.8) is 0 Å². The number of nitrogens with zero attached hydrogens (tertiary/aromatic N) is 2. The molecule has 0 saturated carbocycles. The smallest absolute Gasteiger partial charge is 0.358 e. The minimum Gasteiger partial charge on any atom is -0.464 e. The van der Waals surface area contributed by atoms with E-state index in [9.17, 15) is 9.59 Å². The Labute approximate surface area is 115 Å². The summed E-state index contributed by atoms with van der Waals surface area (Å²) >= 11 is 1.21. The molecule has 1 fully saturated rings. The van der Waals surface area contributed by atoms with Gasteiger partial charge in [-0.2, -0.15) is 0 Å². The molecule has 2 rings (SSSR count). The molecule has 0 bridgehead atoms.